The van der Waals surface area contributed by atoms with Crippen molar-refractivity contribution in [3.63, 3.8) is 0 Å². The maximum atomic E-state index is 10.8. The van der Waals surface area contributed by atoms with E-state index in [2.05, 4.69) is 0 Å². The number of hydrogen-bond acceptors (Lipinski definition) is 2. The van der Waals surface area contributed by atoms with Gasteiger partial charge < -0.3 is 9.84 Å². The topological polar surface area (TPSA) is 46.5 Å². The highest BCUT2D eigenvalue weighted by Crippen LogP contribution is 2.19. The minimum atomic E-state index is -0.745. The number of aliphatic carboxylic acids is 1. The smallest absolute Gasteiger partial charge is 0.309 e. The Balaban J connectivity index is 4.15. The fourth-order valence-electron chi connectivity index (χ4n) is 1.45. The van der Waals surface area contributed by atoms with E-state index in [1.165, 1.54) is 0 Å². The zero-order chi connectivity index (χ0) is 9.56. The lowest BCUT2D eigenvalue weighted by atomic mass is 9.88. The lowest BCUT2D eigenvalue weighted by Crippen LogP contribution is -2.27. The van der Waals surface area contributed by atoms with Crippen LogP contribution < -0.4 is 0 Å². The summed E-state index contributed by atoms with van der Waals surface area (Å²) >= 11 is 0. The van der Waals surface area contributed by atoms with E-state index in [1.54, 1.807) is 7.11 Å². The Morgan fingerprint density at radius 2 is 1.92 bits per heavy atom. The summed E-state index contributed by atoms with van der Waals surface area (Å²) in [6, 6.07) is 0. The summed E-state index contributed by atoms with van der Waals surface area (Å²) in [5.74, 6) is -0.849. The van der Waals surface area contributed by atoms with Crippen LogP contribution in [0.4, 0.5) is 0 Å². The van der Waals surface area contributed by atoms with Gasteiger partial charge in [0.25, 0.3) is 0 Å². The Morgan fingerprint density at radius 3 is 2.17 bits per heavy atom. The van der Waals surface area contributed by atoms with Crippen LogP contribution >= 0.6 is 0 Å². The Morgan fingerprint density at radius 1 is 1.42 bits per heavy atom. The maximum Gasteiger partial charge on any atom is 0.309 e. The van der Waals surface area contributed by atoms with Crippen molar-refractivity contribution < 1.29 is 14.6 Å². The van der Waals surface area contributed by atoms with Crippen molar-refractivity contribution in [2.24, 2.45) is 11.8 Å². The number of rotatable bonds is 6. The monoisotopic (exact) mass is 174 g/mol. The van der Waals surface area contributed by atoms with Crippen LogP contribution in [0.25, 0.3) is 0 Å². The molecule has 0 heterocycles. The molecule has 0 aliphatic rings. The molecule has 72 valence electrons. The molecular weight excluding hydrogens is 156 g/mol. The van der Waals surface area contributed by atoms with Gasteiger partial charge in [0.2, 0.25) is 0 Å². The third-order valence-electron chi connectivity index (χ3n) is 2.28. The van der Waals surface area contributed by atoms with Crippen molar-refractivity contribution in [2.75, 3.05) is 13.7 Å². The van der Waals surface area contributed by atoms with Crippen LogP contribution in [0.2, 0.25) is 0 Å². The first kappa shape index (κ1) is 11.4. The molecule has 0 saturated carbocycles. The number of hydrogen-bond donors (Lipinski definition) is 1. The molecule has 0 aromatic rings. The molecule has 0 fully saturated rings. The second kappa shape index (κ2) is 6.00. The second-order valence-corrected chi connectivity index (χ2v) is 2.98. The first-order chi connectivity index (χ1) is 5.67. The Labute approximate surface area is 73.7 Å². The van der Waals surface area contributed by atoms with E-state index in [-0.39, 0.29) is 11.8 Å². The van der Waals surface area contributed by atoms with Gasteiger partial charge in [-0.1, -0.05) is 26.7 Å². The maximum absolute atomic E-state index is 10.8. The van der Waals surface area contributed by atoms with Gasteiger partial charge in [0, 0.05) is 7.11 Å². The molecule has 3 heteroatoms. The fraction of sp³-hybridized carbons (Fsp3) is 0.889. The molecule has 0 rings (SSSR count). The van der Waals surface area contributed by atoms with E-state index in [4.69, 9.17) is 9.84 Å². The van der Waals surface area contributed by atoms with E-state index in [9.17, 15) is 4.79 Å². The number of carboxylic acids is 1. The molecule has 0 spiro atoms. The van der Waals surface area contributed by atoms with Crippen LogP contribution in [0, 0.1) is 11.8 Å². The van der Waals surface area contributed by atoms with E-state index in [0.717, 1.165) is 12.8 Å². The van der Waals surface area contributed by atoms with Gasteiger partial charge in [-0.3, -0.25) is 4.79 Å². The number of methoxy groups -OCH3 is 1. The third-order valence-corrected chi connectivity index (χ3v) is 2.28. The van der Waals surface area contributed by atoms with Gasteiger partial charge in [0.1, 0.15) is 0 Å². The van der Waals surface area contributed by atoms with Crippen molar-refractivity contribution in [1.82, 2.24) is 0 Å². The molecule has 0 bridgehead atoms. The van der Waals surface area contributed by atoms with Crippen LogP contribution in [0.15, 0.2) is 0 Å². The largest absolute Gasteiger partial charge is 0.481 e. The molecule has 12 heavy (non-hydrogen) atoms. The average Bonchev–Trinajstić information content (AvgIpc) is 2.05. The van der Waals surface area contributed by atoms with Gasteiger partial charge in [-0.25, -0.2) is 0 Å². The first-order valence-corrected chi connectivity index (χ1v) is 4.39. The van der Waals surface area contributed by atoms with Crippen LogP contribution in [0.5, 0.6) is 0 Å². The predicted molar refractivity (Wildman–Crippen MR) is 47.1 cm³/mol. The summed E-state index contributed by atoms with van der Waals surface area (Å²) in [6.07, 6.45) is 1.80. The summed E-state index contributed by atoms with van der Waals surface area (Å²) in [5, 5.41) is 8.86. The molecule has 0 amide bonds. The molecule has 1 N–H and O–H groups in total. The first-order valence-electron chi connectivity index (χ1n) is 4.39. The molecule has 3 nitrogen and oxygen atoms in total. The summed E-state index contributed by atoms with van der Waals surface area (Å²) in [7, 11) is 1.54. The van der Waals surface area contributed by atoms with Crippen molar-refractivity contribution in [3.05, 3.63) is 0 Å². The number of carbonyl (C=O) groups is 1. The lowest BCUT2D eigenvalue weighted by molar-refractivity contribution is -0.146. The number of ether oxygens (including phenoxy) is 1. The van der Waals surface area contributed by atoms with Crippen molar-refractivity contribution in [3.8, 4) is 0 Å². The molecule has 1 atom stereocenters. The van der Waals surface area contributed by atoms with Gasteiger partial charge in [0.15, 0.2) is 0 Å². The van der Waals surface area contributed by atoms with Gasteiger partial charge in [-0.2, -0.15) is 0 Å². The summed E-state index contributed by atoms with van der Waals surface area (Å²) in [6.45, 7) is 4.35. The Bertz CT molecular complexity index is 130. The standard InChI is InChI=1S/C9H18O3/c1-4-7(5-2)8(6-12-3)9(10)11/h7-8H,4-6H2,1-3H3,(H,10,11). The molecule has 0 aliphatic heterocycles. The summed E-state index contributed by atoms with van der Waals surface area (Å²) < 4.78 is 4.87. The van der Waals surface area contributed by atoms with Gasteiger partial charge >= 0.3 is 5.97 Å². The minimum absolute atomic E-state index is 0.238. The predicted octanol–water partition coefficient (Wildman–Crippen LogP) is 1.77. The van der Waals surface area contributed by atoms with Crippen LogP contribution in [0.3, 0.4) is 0 Å². The van der Waals surface area contributed by atoms with Gasteiger partial charge in [-0.05, 0) is 5.92 Å². The molecule has 0 aromatic carbocycles. The lowest BCUT2D eigenvalue weighted by Gasteiger charge is -2.20. The van der Waals surface area contributed by atoms with Crippen LogP contribution in [-0.4, -0.2) is 24.8 Å². The third kappa shape index (κ3) is 3.22. The quantitative estimate of drug-likeness (QED) is 0.667. The number of carboxylic acid groups (broad SMARTS) is 1. The van der Waals surface area contributed by atoms with E-state index in [0.29, 0.717) is 6.61 Å². The minimum Gasteiger partial charge on any atom is -0.481 e. The van der Waals surface area contributed by atoms with E-state index in [1.807, 2.05) is 13.8 Å². The molecular formula is C9H18O3. The van der Waals surface area contributed by atoms with Crippen LogP contribution in [-0.2, 0) is 9.53 Å². The van der Waals surface area contributed by atoms with Gasteiger partial charge in [-0.15, -0.1) is 0 Å². The second-order valence-electron chi connectivity index (χ2n) is 2.98. The van der Waals surface area contributed by atoms with E-state index >= 15 is 0 Å². The highest BCUT2D eigenvalue weighted by atomic mass is 16.5. The summed E-state index contributed by atoms with van der Waals surface area (Å²) in [5.41, 5.74) is 0. The zero-order valence-corrected chi connectivity index (χ0v) is 8.04. The van der Waals surface area contributed by atoms with Crippen molar-refractivity contribution >= 4 is 5.97 Å². The highest BCUT2D eigenvalue weighted by molar-refractivity contribution is 5.70. The van der Waals surface area contributed by atoms with Gasteiger partial charge in [0.05, 0.1) is 12.5 Å². The van der Waals surface area contributed by atoms with Crippen molar-refractivity contribution in [1.29, 1.82) is 0 Å². The average molecular weight is 174 g/mol. The molecule has 0 radical (unpaired) electrons. The molecule has 0 aromatic heterocycles. The Hall–Kier alpha value is -0.570. The zero-order valence-electron chi connectivity index (χ0n) is 8.04. The fourth-order valence-corrected chi connectivity index (χ4v) is 1.45. The summed E-state index contributed by atoms with van der Waals surface area (Å²) in [4.78, 5) is 10.8. The van der Waals surface area contributed by atoms with Crippen molar-refractivity contribution in [2.45, 2.75) is 26.7 Å². The normalized spacial score (nSPS) is 13.3. The Kier molecular flexibility index (Phi) is 5.72. The van der Waals surface area contributed by atoms with E-state index < -0.39 is 5.97 Å². The molecule has 0 aliphatic carbocycles. The SMILES string of the molecule is CCC(CC)C(COC)C(=O)O. The van der Waals surface area contributed by atoms with Crippen LogP contribution in [0.1, 0.15) is 26.7 Å². The molecule has 0 saturated heterocycles. The molecule has 1 unspecified atom stereocenters. The highest BCUT2D eigenvalue weighted by Gasteiger charge is 2.24.